The lowest BCUT2D eigenvalue weighted by atomic mass is 10.1. The first-order chi connectivity index (χ1) is 15.5. The van der Waals surface area contributed by atoms with Crippen LogP contribution >= 0.6 is 39.9 Å². The normalized spacial score (nSPS) is 14.8. The second kappa shape index (κ2) is 10.3. The second-order valence-corrected chi connectivity index (χ2v) is 9.72. The fourth-order valence-electron chi connectivity index (χ4n) is 3.25. The first kappa shape index (κ1) is 22.5. The summed E-state index contributed by atoms with van der Waals surface area (Å²) in [7, 11) is 0. The third-order valence-electron chi connectivity index (χ3n) is 4.86. The summed E-state index contributed by atoms with van der Waals surface area (Å²) in [5.41, 5.74) is 3.83. The molecule has 4 nitrogen and oxygen atoms in total. The molecule has 3 aromatic carbocycles. The van der Waals surface area contributed by atoms with Gasteiger partial charge in [0.05, 0.1) is 4.91 Å². The van der Waals surface area contributed by atoms with Crippen LogP contribution in [0.5, 0.6) is 0 Å². The van der Waals surface area contributed by atoms with Crippen molar-refractivity contribution in [2.24, 2.45) is 0 Å². The van der Waals surface area contributed by atoms with E-state index in [2.05, 4.69) is 21.2 Å². The zero-order chi connectivity index (χ0) is 22.5. The molecule has 1 fully saturated rings. The van der Waals surface area contributed by atoms with Crippen molar-refractivity contribution in [2.45, 2.75) is 6.42 Å². The number of carbonyl (C=O) groups excluding carboxylic acids is 2. The number of amides is 2. The van der Waals surface area contributed by atoms with Crippen LogP contribution in [0, 0.1) is 0 Å². The van der Waals surface area contributed by atoms with Gasteiger partial charge >= 0.3 is 0 Å². The van der Waals surface area contributed by atoms with Gasteiger partial charge in [-0.05, 0) is 47.0 Å². The molecule has 32 heavy (non-hydrogen) atoms. The highest BCUT2D eigenvalue weighted by Gasteiger charge is 2.32. The van der Waals surface area contributed by atoms with Gasteiger partial charge < -0.3 is 5.32 Å². The zero-order valence-electron chi connectivity index (χ0n) is 17.0. The number of nitrogens with one attached hydrogen (secondary N) is 1. The molecule has 1 heterocycles. The van der Waals surface area contributed by atoms with Crippen LogP contribution in [0.2, 0.25) is 0 Å². The molecule has 0 atom stereocenters. The van der Waals surface area contributed by atoms with Crippen molar-refractivity contribution in [2.75, 3.05) is 11.9 Å². The first-order valence-corrected chi connectivity index (χ1v) is 12.0. The highest BCUT2D eigenvalue weighted by atomic mass is 79.9. The summed E-state index contributed by atoms with van der Waals surface area (Å²) in [6.45, 7) is 0.244. The summed E-state index contributed by atoms with van der Waals surface area (Å²) in [6.07, 6.45) is 1.98. The minimum Gasteiger partial charge on any atom is -0.326 e. The van der Waals surface area contributed by atoms with E-state index >= 15 is 0 Å². The molecule has 0 aromatic heterocycles. The molecule has 1 aliphatic heterocycles. The summed E-state index contributed by atoms with van der Waals surface area (Å²) in [4.78, 5) is 27.2. The number of thiocarbonyl (C=S) groups is 1. The van der Waals surface area contributed by atoms with Crippen molar-refractivity contribution < 1.29 is 9.59 Å². The molecule has 0 spiro atoms. The van der Waals surface area contributed by atoms with Gasteiger partial charge in [-0.2, -0.15) is 0 Å². The fourth-order valence-corrected chi connectivity index (χ4v) is 4.98. The number of rotatable bonds is 6. The average Bonchev–Trinajstić information content (AvgIpc) is 3.05. The number of hydrogen-bond donors (Lipinski definition) is 1. The smallest absolute Gasteiger partial charge is 0.266 e. The highest BCUT2D eigenvalue weighted by molar-refractivity contribution is 9.10. The molecule has 1 saturated heterocycles. The van der Waals surface area contributed by atoms with Crippen molar-refractivity contribution in [1.82, 2.24) is 4.90 Å². The van der Waals surface area contributed by atoms with Crippen LogP contribution in [0.4, 0.5) is 5.69 Å². The third-order valence-corrected chi connectivity index (χ3v) is 6.73. The van der Waals surface area contributed by atoms with Crippen molar-refractivity contribution in [1.29, 1.82) is 0 Å². The Morgan fingerprint density at radius 1 is 1.00 bits per heavy atom. The van der Waals surface area contributed by atoms with E-state index < -0.39 is 0 Å². The standard InChI is InChI=1S/C25H19BrN2O2S2/c26-20-8-4-5-17(15-20)16-22-24(30)28(25(31)32-22)14-13-23(29)27-21-11-9-19(10-12-21)18-6-2-1-3-7-18/h1-12,15-16H,13-14H2,(H,27,29). The number of hydrogen-bond acceptors (Lipinski definition) is 4. The molecule has 0 saturated carbocycles. The molecule has 1 N–H and O–H groups in total. The molecule has 0 radical (unpaired) electrons. The summed E-state index contributed by atoms with van der Waals surface area (Å²) in [6, 6.07) is 25.4. The van der Waals surface area contributed by atoms with Crippen molar-refractivity contribution in [3.8, 4) is 11.1 Å². The van der Waals surface area contributed by atoms with Gasteiger partial charge in [-0.25, -0.2) is 0 Å². The lowest BCUT2D eigenvalue weighted by Gasteiger charge is -2.14. The number of benzene rings is 3. The molecule has 1 aliphatic rings. The molecule has 0 bridgehead atoms. The van der Waals surface area contributed by atoms with E-state index in [1.807, 2.05) is 84.9 Å². The second-order valence-electron chi connectivity index (χ2n) is 7.13. The van der Waals surface area contributed by atoms with Crippen molar-refractivity contribution in [3.05, 3.63) is 93.8 Å². The van der Waals surface area contributed by atoms with Gasteiger partial charge in [-0.1, -0.05) is 94.5 Å². The van der Waals surface area contributed by atoms with Gasteiger partial charge in [0, 0.05) is 23.1 Å². The molecule has 7 heteroatoms. The van der Waals surface area contributed by atoms with E-state index in [-0.39, 0.29) is 24.8 Å². The minimum atomic E-state index is -0.167. The number of thioether (sulfide) groups is 1. The maximum atomic E-state index is 12.8. The Morgan fingerprint density at radius 3 is 2.44 bits per heavy atom. The van der Waals surface area contributed by atoms with Gasteiger partial charge in [-0.15, -0.1) is 0 Å². The SMILES string of the molecule is O=C(CCN1C(=O)C(=Cc2cccc(Br)c2)SC1=S)Nc1ccc(-c2ccccc2)cc1. The summed E-state index contributed by atoms with van der Waals surface area (Å²) in [5, 5.41) is 2.88. The van der Waals surface area contributed by atoms with Gasteiger partial charge in [0.15, 0.2) is 0 Å². The zero-order valence-corrected chi connectivity index (χ0v) is 20.2. The van der Waals surface area contributed by atoms with Crippen LogP contribution in [-0.4, -0.2) is 27.6 Å². The number of carbonyl (C=O) groups is 2. The predicted octanol–water partition coefficient (Wildman–Crippen LogP) is 6.35. The Bertz CT molecular complexity index is 1190. The topological polar surface area (TPSA) is 49.4 Å². The molecular weight excluding hydrogens is 504 g/mol. The van der Waals surface area contributed by atoms with E-state index in [0.717, 1.165) is 26.9 Å². The Balaban J connectivity index is 1.33. The predicted molar refractivity (Wildman–Crippen MR) is 139 cm³/mol. The Hall–Kier alpha value is -2.74. The third kappa shape index (κ3) is 5.54. The first-order valence-electron chi connectivity index (χ1n) is 9.96. The molecule has 3 aromatic rings. The van der Waals surface area contributed by atoms with E-state index in [9.17, 15) is 9.59 Å². The lowest BCUT2D eigenvalue weighted by Crippen LogP contribution is -2.31. The summed E-state index contributed by atoms with van der Waals surface area (Å²) in [5.74, 6) is -0.331. The van der Waals surface area contributed by atoms with Crippen LogP contribution in [0.25, 0.3) is 17.2 Å². The summed E-state index contributed by atoms with van der Waals surface area (Å²) >= 11 is 10.1. The summed E-state index contributed by atoms with van der Waals surface area (Å²) < 4.78 is 1.41. The molecule has 0 unspecified atom stereocenters. The van der Waals surface area contributed by atoms with Crippen LogP contribution in [0.3, 0.4) is 0 Å². The molecule has 0 aliphatic carbocycles. The van der Waals surface area contributed by atoms with Crippen molar-refractivity contribution >= 4 is 67.8 Å². The molecule has 4 rings (SSSR count). The van der Waals surface area contributed by atoms with Crippen LogP contribution < -0.4 is 5.32 Å². The lowest BCUT2D eigenvalue weighted by molar-refractivity contribution is -0.122. The molecular formula is C25H19BrN2O2S2. The maximum Gasteiger partial charge on any atom is 0.266 e. The number of nitrogens with zero attached hydrogens (tertiary/aromatic N) is 1. The largest absolute Gasteiger partial charge is 0.326 e. The van der Waals surface area contributed by atoms with Gasteiger partial charge in [-0.3, -0.25) is 14.5 Å². The minimum absolute atomic E-state index is 0.164. The average molecular weight is 523 g/mol. The van der Waals surface area contributed by atoms with Gasteiger partial charge in [0.1, 0.15) is 4.32 Å². The van der Waals surface area contributed by atoms with Gasteiger partial charge in [0.25, 0.3) is 5.91 Å². The van der Waals surface area contributed by atoms with E-state index in [4.69, 9.17) is 12.2 Å². The fraction of sp³-hybridized carbons (Fsp3) is 0.0800. The number of anilines is 1. The number of halogens is 1. The monoisotopic (exact) mass is 522 g/mol. The van der Waals surface area contributed by atoms with E-state index in [0.29, 0.717) is 9.23 Å². The maximum absolute atomic E-state index is 12.8. The Morgan fingerprint density at radius 2 is 1.72 bits per heavy atom. The van der Waals surface area contributed by atoms with Gasteiger partial charge in [0.2, 0.25) is 5.91 Å². The van der Waals surface area contributed by atoms with Crippen LogP contribution in [0.1, 0.15) is 12.0 Å². The van der Waals surface area contributed by atoms with Crippen LogP contribution in [-0.2, 0) is 9.59 Å². The Labute approximate surface area is 204 Å². The van der Waals surface area contributed by atoms with E-state index in [1.54, 1.807) is 0 Å². The Kier molecular flexibility index (Phi) is 7.19. The van der Waals surface area contributed by atoms with Crippen molar-refractivity contribution in [3.63, 3.8) is 0 Å². The quantitative estimate of drug-likeness (QED) is 0.302. The van der Waals surface area contributed by atoms with E-state index in [1.165, 1.54) is 16.7 Å². The molecule has 2 amide bonds. The highest BCUT2D eigenvalue weighted by Crippen LogP contribution is 2.33. The van der Waals surface area contributed by atoms with Crippen LogP contribution in [0.15, 0.2) is 88.2 Å². The molecule has 160 valence electrons.